The first kappa shape index (κ1) is 15.0. The molecule has 0 amide bonds. The summed E-state index contributed by atoms with van der Waals surface area (Å²) >= 11 is 0. The van der Waals surface area contributed by atoms with Crippen LogP contribution < -0.4 is 5.32 Å². The first-order chi connectivity index (χ1) is 8.98. The Morgan fingerprint density at radius 1 is 1.63 bits per heavy atom. The summed E-state index contributed by atoms with van der Waals surface area (Å²) in [7, 11) is 1.35. The van der Waals surface area contributed by atoms with E-state index in [0.717, 1.165) is 12.0 Å². The van der Waals surface area contributed by atoms with Crippen molar-refractivity contribution in [1.29, 1.82) is 5.26 Å². The normalized spacial score (nSPS) is 13.2. The molecular formula is C14H19N3O2. The number of aromatic nitrogens is 1. The SMILES string of the molecule is CCCC(C)(Nc1nccc(C)c1C#N)C(=O)OC. The number of esters is 1. The summed E-state index contributed by atoms with van der Waals surface area (Å²) in [6.45, 7) is 5.58. The van der Waals surface area contributed by atoms with Crippen molar-refractivity contribution in [3.05, 3.63) is 23.4 Å². The highest BCUT2D eigenvalue weighted by atomic mass is 16.5. The van der Waals surface area contributed by atoms with E-state index in [0.29, 0.717) is 17.8 Å². The zero-order chi connectivity index (χ0) is 14.5. The Bertz CT molecular complexity index is 508. The standard InChI is InChI=1S/C14H19N3O2/c1-5-7-14(3,13(18)19-4)17-12-11(9-15)10(2)6-8-16-12/h6,8H,5,7H2,1-4H3,(H,16,17). The van der Waals surface area contributed by atoms with Crippen LogP contribution in [0, 0.1) is 18.3 Å². The van der Waals surface area contributed by atoms with Gasteiger partial charge in [0.15, 0.2) is 0 Å². The van der Waals surface area contributed by atoms with Crippen LogP contribution in [0.5, 0.6) is 0 Å². The van der Waals surface area contributed by atoms with Crippen molar-refractivity contribution in [2.24, 2.45) is 0 Å². The minimum Gasteiger partial charge on any atom is -0.467 e. The van der Waals surface area contributed by atoms with Crippen LogP contribution in [0.25, 0.3) is 0 Å². The highest BCUT2D eigenvalue weighted by Crippen LogP contribution is 2.24. The van der Waals surface area contributed by atoms with Gasteiger partial charge in [0.2, 0.25) is 0 Å². The van der Waals surface area contributed by atoms with Crippen LogP contribution in [0.1, 0.15) is 37.8 Å². The number of carbonyl (C=O) groups excluding carboxylic acids is 1. The van der Waals surface area contributed by atoms with Crippen LogP contribution in [-0.2, 0) is 9.53 Å². The van der Waals surface area contributed by atoms with Crippen molar-refractivity contribution in [3.8, 4) is 6.07 Å². The maximum atomic E-state index is 11.9. The Morgan fingerprint density at radius 3 is 2.84 bits per heavy atom. The quantitative estimate of drug-likeness (QED) is 0.824. The van der Waals surface area contributed by atoms with Crippen molar-refractivity contribution in [3.63, 3.8) is 0 Å². The van der Waals surface area contributed by atoms with Gasteiger partial charge in [0.25, 0.3) is 0 Å². The molecule has 0 aromatic carbocycles. The number of nitrogens with zero attached hydrogens (tertiary/aromatic N) is 2. The molecule has 0 aliphatic heterocycles. The monoisotopic (exact) mass is 261 g/mol. The van der Waals surface area contributed by atoms with Crippen LogP contribution in [0.4, 0.5) is 5.82 Å². The zero-order valence-electron chi connectivity index (χ0n) is 11.8. The smallest absolute Gasteiger partial charge is 0.331 e. The van der Waals surface area contributed by atoms with Crippen LogP contribution in [-0.4, -0.2) is 23.6 Å². The van der Waals surface area contributed by atoms with Gasteiger partial charge in [0.05, 0.1) is 12.7 Å². The molecule has 0 saturated heterocycles. The molecule has 0 bridgehead atoms. The molecule has 0 radical (unpaired) electrons. The summed E-state index contributed by atoms with van der Waals surface area (Å²) in [6, 6.07) is 3.87. The van der Waals surface area contributed by atoms with Crippen LogP contribution >= 0.6 is 0 Å². The Morgan fingerprint density at radius 2 is 2.32 bits per heavy atom. The Kier molecular flexibility index (Phi) is 4.87. The van der Waals surface area contributed by atoms with Gasteiger partial charge in [0.1, 0.15) is 17.4 Å². The minimum absolute atomic E-state index is 0.360. The van der Waals surface area contributed by atoms with Crippen molar-refractivity contribution >= 4 is 11.8 Å². The maximum absolute atomic E-state index is 11.9. The third kappa shape index (κ3) is 3.22. The van der Waals surface area contributed by atoms with Crippen LogP contribution in [0.2, 0.25) is 0 Å². The lowest BCUT2D eigenvalue weighted by Gasteiger charge is -2.28. The summed E-state index contributed by atoms with van der Waals surface area (Å²) in [5.74, 6) is 0.0606. The van der Waals surface area contributed by atoms with Gasteiger partial charge in [-0.15, -0.1) is 0 Å². The Hall–Kier alpha value is -2.09. The first-order valence-electron chi connectivity index (χ1n) is 6.20. The molecule has 1 aromatic heterocycles. The van der Waals surface area contributed by atoms with Crippen molar-refractivity contribution in [1.82, 2.24) is 4.98 Å². The number of hydrogen-bond donors (Lipinski definition) is 1. The predicted octanol–water partition coefficient (Wildman–Crippen LogP) is 2.41. The van der Waals surface area contributed by atoms with Crippen molar-refractivity contribution < 1.29 is 9.53 Å². The lowest BCUT2D eigenvalue weighted by Crippen LogP contribution is -2.44. The molecule has 0 fully saturated rings. The Labute approximate surface area is 113 Å². The summed E-state index contributed by atoms with van der Waals surface area (Å²) < 4.78 is 4.83. The van der Waals surface area contributed by atoms with E-state index < -0.39 is 5.54 Å². The lowest BCUT2D eigenvalue weighted by atomic mass is 9.95. The van der Waals surface area contributed by atoms with E-state index in [2.05, 4.69) is 16.4 Å². The number of nitrogens with one attached hydrogen (secondary N) is 1. The molecule has 0 saturated carbocycles. The molecular weight excluding hydrogens is 242 g/mol. The average molecular weight is 261 g/mol. The van der Waals surface area contributed by atoms with Crippen LogP contribution in [0.15, 0.2) is 12.3 Å². The third-order valence-electron chi connectivity index (χ3n) is 3.05. The van der Waals surface area contributed by atoms with Gasteiger partial charge < -0.3 is 10.1 Å². The molecule has 0 aliphatic rings. The van der Waals surface area contributed by atoms with E-state index in [-0.39, 0.29) is 5.97 Å². The number of hydrogen-bond acceptors (Lipinski definition) is 5. The summed E-state index contributed by atoms with van der Waals surface area (Å²) in [4.78, 5) is 16.1. The number of nitriles is 1. The highest BCUT2D eigenvalue weighted by molar-refractivity contribution is 5.84. The maximum Gasteiger partial charge on any atom is 0.331 e. The number of aryl methyl sites for hydroxylation is 1. The summed E-state index contributed by atoms with van der Waals surface area (Å²) in [6.07, 6.45) is 3.02. The molecule has 5 nitrogen and oxygen atoms in total. The highest BCUT2D eigenvalue weighted by Gasteiger charge is 2.34. The second-order valence-electron chi connectivity index (χ2n) is 4.66. The molecule has 1 atom stereocenters. The fourth-order valence-electron chi connectivity index (χ4n) is 2.00. The van der Waals surface area contributed by atoms with Crippen LogP contribution in [0.3, 0.4) is 0 Å². The molecule has 1 heterocycles. The van der Waals surface area contributed by atoms with Crippen molar-refractivity contribution in [2.75, 3.05) is 12.4 Å². The largest absolute Gasteiger partial charge is 0.467 e. The third-order valence-corrected chi connectivity index (χ3v) is 3.05. The van der Waals surface area contributed by atoms with E-state index in [1.807, 2.05) is 13.8 Å². The zero-order valence-corrected chi connectivity index (χ0v) is 11.8. The van der Waals surface area contributed by atoms with Crippen molar-refractivity contribution in [2.45, 2.75) is 39.2 Å². The topological polar surface area (TPSA) is 75.0 Å². The molecule has 19 heavy (non-hydrogen) atoms. The molecule has 0 aliphatic carbocycles. The molecule has 0 spiro atoms. The number of ether oxygens (including phenoxy) is 1. The second kappa shape index (κ2) is 6.19. The molecule has 1 unspecified atom stereocenters. The first-order valence-corrected chi connectivity index (χ1v) is 6.20. The molecule has 1 aromatic rings. The Balaban J connectivity index is 3.14. The number of anilines is 1. The number of rotatable bonds is 5. The van der Waals surface area contributed by atoms with Gasteiger partial charge in [-0.3, -0.25) is 0 Å². The average Bonchev–Trinajstić information content (AvgIpc) is 2.38. The minimum atomic E-state index is -0.879. The van der Waals surface area contributed by atoms with Gasteiger partial charge in [-0.05, 0) is 31.9 Å². The molecule has 1 rings (SSSR count). The number of methoxy groups -OCH3 is 1. The van der Waals surface area contributed by atoms with Gasteiger partial charge in [-0.2, -0.15) is 5.26 Å². The molecule has 1 N–H and O–H groups in total. The molecule has 102 valence electrons. The van der Waals surface area contributed by atoms with E-state index in [1.165, 1.54) is 7.11 Å². The second-order valence-corrected chi connectivity index (χ2v) is 4.66. The summed E-state index contributed by atoms with van der Waals surface area (Å²) in [5.41, 5.74) is 0.396. The van der Waals surface area contributed by atoms with E-state index in [9.17, 15) is 10.1 Å². The fourth-order valence-corrected chi connectivity index (χ4v) is 2.00. The van der Waals surface area contributed by atoms with Gasteiger partial charge in [0, 0.05) is 6.20 Å². The van der Waals surface area contributed by atoms with Gasteiger partial charge in [-0.1, -0.05) is 13.3 Å². The van der Waals surface area contributed by atoms with E-state index in [1.54, 1.807) is 19.2 Å². The molecule has 5 heteroatoms. The predicted molar refractivity (Wildman–Crippen MR) is 72.6 cm³/mol. The van der Waals surface area contributed by atoms with Gasteiger partial charge in [-0.25, -0.2) is 9.78 Å². The fraction of sp³-hybridized carbons (Fsp3) is 0.500. The number of carbonyl (C=O) groups is 1. The number of pyridine rings is 1. The van der Waals surface area contributed by atoms with E-state index in [4.69, 9.17) is 4.74 Å². The lowest BCUT2D eigenvalue weighted by molar-refractivity contribution is -0.145. The van der Waals surface area contributed by atoms with Gasteiger partial charge >= 0.3 is 5.97 Å². The van der Waals surface area contributed by atoms with E-state index >= 15 is 0 Å². The summed E-state index contributed by atoms with van der Waals surface area (Å²) in [5, 5.41) is 12.2.